The number of hydrogen-bond donors (Lipinski definition) is 1. The highest BCUT2D eigenvalue weighted by Gasteiger charge is 2.32. The number of amides is 2. The largest absolute Gasteiger partial charge is 0.336 e. The Morgan fingerprint density at radius 2 is 2.18 bits per heavy atom. The van der Waals surface area contributed by atoms with Gasteiger partial charge >= 0.3 is 6.03 Å². The number of aromatic nitrogens is 2. The second-order valence-corrected chi connectivity index (χ2v) is 6.79. The smallest absolute Gasteiger partial charge is 0.317 e. The van der Waals surface area contributed by atoms with Crippen LogP contribution in [0.25, 0.3) is 0 Å². The SMILES string of the molecule is Cc1cnn(CCNC(=O)N2CCN(C3CC3)CC(C)C2)c1. The Hall–Kier alpha value is -1.56. The first-order valence-electron chi connectivity index (χ1n) is 8.37. The van der Waals surface area contributed by atoms with Crippen LogP contribution in [0.1, 0.15) is 25.3 Å². The maximum absolute atomic E-state index is 12.4. The average Bonchev–Trinajstić information content (AvgIpc) is 3.26. The van der Waals surface area contributed by atoms with E-state index >= 15 is 0 Å². The van der Waals surface area contributed by atoms with Gasteiger partial charge in [-0.05, 0) is 31.2 Å². The van der Waals surface area contributed by atoms with E-state index in [1.165, 1.54) is 12.8 Å². The number of carbonyl (C=O) groups is 1. The van der Waals surface area contributed by atoms with Crippen molar-refractivity contribution in [2.75, 3.05) is 32.7 Å². The summed E-state index contributed by atoms with van der Waals surface area (Å²) in [6, 6.07) is 0.849. The Balaban J connectivity index is 1.44. The van der Waals surface area contributed by atoms with E-state index in [1.54, 1.807) is 0 Å². The molecule has 0 radical (unpaired) electrons. The zero-order valence-corrected chi connectivity index (χ0v) is 13.7. The van der Waals surface area contributed by atoms with Crippen LogP contribution in [0.4, 0.5) is 4.79 Å². The fraction of sp³-hybridized carbons (Fsp3) is 0.750. The third-order valence-electron chi connectivity index (χ3n) is 4.47. The van der Waals surface area contributed by atoms with Crippen molar-refractivity contribution in [2.45, 2.75) is 39.3 Å². The van der Waals surface area contributed by atoms with E-state index < -0.39 is 0 Å². The topological polar surface area (TPSA) is 53.4 Å². The molecule has 2 aliphatic rings. The van der Waals surface area contributed by atoms with Crippen molar-refractivity contribution in [1.29, 1.82) is 0 Å². The fourth-order valence-electron chi connectivity index (χ4n) is 3.20. The third-order valence-corrected chi connectivity index (χ3v) is 4.47. The standard InChI is InChI=1S/C16H27N5O/c1-13-9-18-21(12-13)6-5-17-16(22)20-8-7-19(15-3-4-15)10-14(2)11-20/h9,12,14-15H,3-8,10-11H2,1-2H3,(H,17,22). The number of nitrogens with zero attached hydrogens (tertiary/aromatic N) is 4. The van der Waals surface area contributed by atoms with Crippen LogP contribution >= 0.6 is 0 Å². The molecule has 0 aromatic carbocycles. The lowest BCUT2D eigenvalue weighted by Gasteiger charge is -2.22. The summed E-state index contributed by atoms with van der Waals surface area (Å²) in [5.74, 6) is 0.544. The molecular weight excluding hydrogens is 278 g/mol. The van der Waals surface area contributed by atoms with E-state index in [9.17, 15) is 4.79 Å². The lowest BCUT2D eigenvalue weighted by atomic mass is 10.1. The first-order valence-corrected chi connectivity index (χ1v) is 8.37. The molecule has 2 amide bonds. The minimum Gasteiger partial charge on any atom is -0.336 e. The molecule has 1 aromatic rings. The quantitative estimate of drug-likeness (QED) is 0.913. The van der Waals surface area contributed by atoms with Gasteiger partial charge in [-0.25, -0.2) is 4.79 Å². The van der Waals surface area contributed by atoms with Gasteiger partial charge in [0.2, 0.25) is 0 Å². The molecule has 2 fully saturated rings. The predicted octanol–water partition coefficient (Wildman–Crippen LogP) is 1.32. The van der Waals surface area contributed by atoms with Gasteiger partial charge in [-0.1, -0.05) is 6.92 Å². The summed E-state index contributed by atoms with van der Waals surface area (Å²) in [5, 5.41) is 7.26. The molecule has 1 saturated carbocycles. The number of nitrogens with one attached hydrogen (secondary N) is 1. The Morgan fingerprint density at radius 1 is 1.36 bits per heavy atom. The van der Waals surface area contributed by atoms with Crippen LogP contribution in [0.2, 0.25) is 0 Å². The zero-order chi connectivity index (χ0) is 15.5. The molecule has 1 aromatic heterocycles. The fourth-order valence-corrected chi connectivity index (χ4v) is 3.20. The first-order chi connectivity index (χ1) is 10.6. The van der Waals surface area contributed by atoms with Crippen molar-refractivity contribution in [3.63, 3.8) is 0 Å². The highest BCUT2D eigenvalue weighted by atomic mass is 16.2. The first kappa shape index (κ1) is 15.3. The van der Waals surface area contributed by atoms with Crippen LogP contribution in [-0.2, 0) is 6.54 Å². The minimum atomic E-state index is 0.0633. The molecule has 6 nitrogen and oxygen atoms in total. The van der Waals surface area contributed by atoms with Crippen LogP contribution in [0.5, 0.6) is 0 Å². The third kappa shape index (κ3) is 4.00. The molecule has 122 valence electrons. The lowest BCUT2D eigenvalue weighted by molar-refractivity contribution is 0.194. The number of rotatable bonds is 4. The van der Waals surface area contributed by atoms with Crippen molar-refractivity contribution < 1.29 is 4.79 Å². The Morgan fingerprint density at radius 3 is 2.86 bits per heavy atom. The van der Waals surface area contributed by atoms with E-state index in [2.05, 4.69) is 22.2 Å². The van der Waals surface area contributed by atoms with Crippen LogP contribution < -0.4 is 5.32 Å². The molecule has 6 heteroatoms. The van der Waals surface area contributed by atoms with Gasteiger partial charge in [0.1, 0.15) is 0 Å². The number of carbonyl (C=O) groups excluding carboxylic acids is 1. The summed E-state index contributed by atoms with van der Waals surface area (Å²) in [4.78, 5) is 16.9. The van der Waals surface area contributed by atoms with Gasteiger partial charge in [-0.3, -0.25) is 9.58 Å². The van der Waals surface area contributed by atoms with Gasteiger partial charge in [-0.2, -0.15) is 5.10 Å². The van der Waals surface area contributed by atoms with Crippen molar-refractivity contribution in [2.24, 2.45) is 5.92 Å². The van der Waals surface area contributed by atoms with Crippen molar-refractivity contribution in [1.82, 2.24) is 24.9 Å². The molecule has 2 heterocycles. The highest BCUT2D eigenvalue weighted by Crippen LogP contribution is 2.28. The minimum absolute atomic E-state index is 0.0633. The van der Waals surface area contributed by atoms with E-state index in [4.69, 9.17) is 0 Å². The Bertz CT molecular complexity index is 510. The molecule has 0 bridgehead atoms. The van der Waals surface area contributed by atoms with Crippen LogP contribution in [0.3, 0.4) is 0 Å². The van der Waals surface area contributed by atoms with E-state index in [1.807, 2.05) is 28.9 Å². The molecule has 22 heavy (non-hydrogen) atoms. The van der Waals surface area contributed by atoms with Gasteiger partial charge < -0.3 is 10.2 Å². The summed E-state index contributed by atoms with van der Waals surface area (Å²) >= 11 is 0. The van der Waals surface area contributed by atoms with Crippen LogP contribution in [0.15, 0.2) is 12.4 Å². The summed E-state index contributed by atoms with van der Waals surface area (Å²) in [6.07, 6.45) is 6.50. The van der Waals surface area contributed by atoms with Gasteiger partial charge in [0.05, 0.1) is 12.7 Å². The molecule has 1 atom stereocenters. The summed E-state index contributed by atoms with van der Waals surface area (Å²) in [6.45, 7) is 9.44. The number of hydrogen-bond acceptors (Lipinski definition) is 3. The summed E-state index contributed by atoms with van der Waals surface area (Å²) in [7, 11) is 0. The molecule has 0 spiro atoms. The Labute approximate surface area is 132 Å². The van der Waals surface area contributed by atoms with Gasteiger partial charge in [0, 0.05) is 45.0 Å². The van der Waals surface area contributed by atoms with Gasteiger partial charge in [-0.15, -0.1) is 0 Å². The molecule has 1 saturated heterocycles. The van der Waals surface area contributed by atoms with Crippen LogP contribution in [0, 0.1) is 12.8 Å². The van der Waals surface area contributed by atoms with Crippen molar-refractivity contribution in [3.05, 3.63) is 18.0 Å². The van der Waals surface area contributed by atoms with Gasteiger partial charge in [0.25, 0.3) is 0 Å². The summed E-state index contributed by atoms with van der Waals surface area (Å²) in [5.41, 5.74) is 1.15. The molecular formula is C16H27N5O. The number of aryl methyl sites for hydroxylation is 1. The summed E-state index contributed by atoms with van der Waals surface area (Å²) < 4.78 is 1.87. The Kier molecular flexibility index (Phi) is 4.66. The van der Waals surface area contributed by atoms with Gasteiger partial charge in [0.15, 0.2) is 0 Å². The molecule has 3 rings (SSSR count). The molecule has 1 aliphatic carbocycles. The normalized spacial score (nSPS) is 23.4. The molecule has 1 N–H and O–H groups in total. The van der Waals surface area contributed by atoms with E-state index in [0.29, 0.717) is 12.5 Å². The maximum atomic E-state index is 12.4. The highest BCUT2D eigenvalue weighted by molar-refractivity contribution is 5.74. The van der Waals surface area contributed by atoms with Crippen molar-refractivity contribution in [3.8, 4) is 0 Å². The lowest BCUT2D eigenvalue weighted by Crippen LogP contribution is -2.43. The second kappa shape index (κ2) is 6.69. The zero-order valence-electron chi connectivity index (χ0n) is 13.7. The predicted molar refractivity (Wildman–Crippen MR) is 85.7 cm³/mol. The second-order valence-electron chi connectivity index (χ2n) is 6.79. The molecule has 1 unspecified atom stereocenters. The van der Waals surface area contributed by atoms with Crippen molar-refractivity contribution >= 4 is 6.03 Å². The molecule has 1 aliphatic heterocycles. The average molecular weight is 305 g/mol. The van der Waals surface area contributed by atoms with E-state index in [-0.39, 0.29) is 6.03 Å². The van der Waals surface area contributed by atoms with E-state index in [0.717, 1.165) is 44.3 Å². The monoisotopic (exact) mass is 305 g/mol. The maximum Gasteiger partial charge on any atom is 0.317 e. The van der Waals surface area contributed by atoms with Crippen LogP contribution in [-0.4, -0.2) is 64.4 Å². The number of urea groups is 1.